The van der Waals surface area contributed by atoms with Gasteiger partial charge in [-0.2, -0.15) is 0 Å². The molecule has 0 bridgehead atoms. The van der Waals surface area contributed by atoms with Crippen molar-refractivity contribution >= 4 is 17.2 Å². The van der Waals surface area contributed by atoms with Crippen molar-refractivity contribution in [1.82, 2.24) is 14.3 Å². The number of aromatic nitrogens is 2. The fraction of sp³-hybridized carbons (Fsp3) is 0.333. The Morgan fingerprint density at radius 3 is 2.49 bits per heavy atom. The lowest BCUT2D eigenvalue weighted by Gasteiger charge is -2.37. The Hall–Kier alpha value is -4.00. The van der Waals surface area contributed by atoms with Crippen molar-refractivity contribution in [3.05, 3.63) is 89.9 Å². The van der Waals surface area contributed by atoms with E-state index in [0.29, 0.717) is 26.1 Å². The van der Waals surface area contributed by atoms with Crippen molar-refractivity contribution in [2.24, 2.45) is 0 Å². The summed E-state index contributed by atoms with van der Waals surface area (Å²) in [4.78, 5) is 22.6. The number of anilines is 1. The Morgan fingerprint density at radius 1 is 1.00 bits per heavy atom. The zero-order valence-corrected chi connectivity index (χ0v) is 21.8. The fourth-order valence-corrected chi connectivity index (χ4v) is 5.18. The number of fused-ring (bicyclic) bond motifs is 1. The highest BCUT2D eigenvalue weighted by molar-refractivity contribution is 5.78. The third-order valence-corrected chi connectivity index (χ3v) is 7.09. The Labute approximate surface area is 218 Å². The first-order valence-electron chi connectivity index (χ1n) is 12.9. The van der Waals surface area contributed by atoms with E-state index >= 15 is 0 Å². The normalized spacial score (nSPS) is 14.6. The van der Waals surface area contributed by atoms with Crippen molar-refractivity contribution in [3.8, 4) is 11.5 Å². The van der Waals surface area contributed by atoms with E-state index in [2.05, 4.69) is 39.4 Å². The van der Waals surface area contributed by atoms with Crippen LogP contribution in [0.4, 0.5) is 5.69 Å². The van der Waals surface area contributed by atoms with Gasteiger partial charge in [0.05, 0.1) is 25.1 Å². The number of methoxy groups -OCH3 is 1. The molecule has 5 rings (SSSR count). The number of nitrogens with zero attached hydrogens (tertiary/aromatic N) is 4. The summed E-state index contributed by atoms with van der Waals surface area (Å²) in [5.41, 5.74) is 5.09. The highest BCUT2D eigenvalue weighted by atomic mass is 16.5. The number of rotatable bonds is 8. The Morgan fingerprint density at radius 2 is 1.73 bits per heavy atom. The Kier molecular flexibility index (Phi) is 7.30. The van der Waals surface area contributed by atoms with Crippen molar-refractivity contribution in [3.63, 3.8) is 0 Å². The largest absolute Gasteiger partial charge is 0.496 e. The molecule has 0 saturated carbocycles. The van der Waals surface area contributed by atoms with E-state index in [1.54, 1.807) is 7.11 Å². The van der Waals surface area contributed by atoms with Gasteiger partial charge in [-0.15, -0.1) is 0 Å². The maximum atomic E-state index is 13.7. The number of carbonyl (C=O) groups excluding carboxylic acids is 1. The number of hydrogen-bond acceptors (Lipinski definition) is 5. The topological polar surface area (TPSA) is 59.3 Å². The zero-order valence-electron chi connectivity index (χ0n) is 21.8. The van der Waals surface area contributed by atoms with Gasteiger partial charge in [0, 0.05) is 56.5 Å². The molecule has 4 aromatic rings. The number of ether oxygens (including phenoxy) is 2. The van der Waals surface area contributed by atoms with Gasteiger partial charge in [-0.3, -0.25) is 4.79 Å². The van der Waals surface area contributed by atoms with Gasteiger partial charge < -0.3 is 23.7 Å². The number of piperazine rings is 1. The number of aryl methyl sites for hydroxylation is 1. The summed E-state index contributed by atoms with van der Waals surface area (Å²) in [5, 5.41) is 0. The van der Waals surface area contributed by atoms with Gasteiger partial charge >= 0.3 is 0 Å². The molecule has 1 saturated heterocycles. The highest BCUT2D eigenvalue weighted by Gasteiger charge is 2.29. The van der Waals surface area contributed by atoms with Crippen LogP contribution in [0.3, 0.4) is 0 Å². The summed E-state index contributed by atoms with van der Waals surface area (Å²) in [6.45, 7) is 7.56. The first-order chi connectivity index (χ1) is 18.1. The lowest BCUT2D eigenvalue weighted by Crippen LogP contribution is -2.49. The number of pyridine rings is 1. The number of benzene rings is 2. The molecule has 0 N–H and O–H groups in total. The minimum atomic E-state index is -0.182. The van der Waals surface area contributed by atoms with Crippen molar-refractivity contribution < 1.29 is 14.3 Å². The van der Waals surface area contributed by atoms with Crippen LogP contribution in [0.15, 0.2) is 73.1 Å². The predicted molar refractivity (Wildman–Crippen MR) is 146 cm³/mol. The van der Waals surface area contributed by atoms with Gasteiger partial charge in [-0.25, -0.2) is 4.98 Å². The molecule has 37 heavy (non-hydrogen) atoms. The van der Waals surface area contributed by atoms with Crippen LogP contribution in [0.1, 0.15) is 36.1 Å². The molecule has 0 aliphatic carbocycles. The summed E-state index contributed by atoms with van der Waals surface area (Å²) in [7, 11) is 1.68. The number of imidazole rings is 1. The summed E-state index contributed by atoms with van der Waals surface area (Å²) < 4.78 is 13.6. The van der Waals surface area contributed by atoms with Crippen LogP contribution in [-0.2, 0) is 4.79 Å². The van der Waals surface area contributed by atoms with E-state index in [1.165, 1.54) is 0 Å². The molecule has 1 aliphatic heterocycles. The number of carbonyl (C=O) groups is 1. The monoisotopic (exact) mass is 498 g/mol. The molecule has 7 heteroatoms. The smallest absolute Gasteiger partial charge is 0.223 e. The molecule has 1 unspecified atom stereocenters. The van der Waals surface area contributed by atoms with Crippen LogP contribution in [0, 0.1) is 6.92 Å². The molecule has 7 nitrogen and oxygen atoms in total. The number of hydrogen-bond donors (Lipinski definition) is 0. The molecule has 2 aromatic heterocycles. The molecular weight excluding hydrogens is 464 g/mol. The van der Waals surface area contributed by atoms with Gasteiger partial charge in [0.2, 0.25) is 5.91 Å². The van der Waals surface area contributed by atoms with E-state index in [9.17, 15) is 4.79 Å². The molecule has 0 radical (unpaired) electrons. The maximum Gasteiger partial charge on any atom is 0.223 e. The Balaban J connectivity index is 1.38. The molecule has 3 heterocycles. The van der Waals surface area contributed by atoms with Crippen LogP contribution in [0.25, 0.3) is 5.65 Å². The van der Waals surface area contributed by atoms with Gasteiger partial charge in [0.25, 0.3) is 0 Å². The first kappa shape index (κ1) is 24.7. The molecule has 0 spiro atoms. The minimum absolute atomic E-state index is 0.135. The third-order valence-electron chi connectivity index (χ3n) is 7.09. The van der Waals surface area contributed by atoms with Crippen LogP contribution in [-0.4, -0.2) is 60.1 Å². The third kappa shape index (κ3) is 5.12. The number of para-hydroxylation sites is 3. The lowest BCUT2D eigenvalue weighted by atomic mass is 9.91. The quantitative estimate of drug-likeness (QED) is 0.345. The maximum absolute atomic E-state index is 13.7. The summed E-state index contributed by atoms with van der Waals surface area (Å²) in [5.74, 6) is 1.62. The second-order valence-corrected chi connectivity index (χ2v) is 9.38. The van der Waals surface area contributed by atoms with Crippen molar-refractivity contribution in [2.75, 3.05) is 44.8 Å². The minimum Gasteiger partial charge on any atom is -0.496 e. The van der Waals surface area contributed by atoms with E-state index in [4.69, 9.17) is 9.47 Å². The average molecular weight is 499 g/mol. The Bertz CT molecular complexity index is 1370. The average Bonchev–Trinajstić information content (AvgIpc) is 3.35. The van der Waals surface area contributed by atoms with E-state index in [1.807, 2.05) is 66.7 Å². The van der Waals surface area contributed by atoms with Crippen LogP contribution < -0.4 is 14.4 Å². The van der Waals surface area contributed by atoms with Gasteiger partial charge in [0.1, 0.15) is 17.1 Å². The van der Waals surface area contributed by atoms with E-state index in [0.717, 1.165) is 52.7 Å². The molecule has 1 fully saturated rings. The van der Waals surface area contributed by atoms with E-state index < -0.39 is 0 Å². The molecule has 2 aromatic carbocycles. The second-order valence-electron chi connectivity index (χ2n) is 9.38. The lowest BCUT2D eigenvalue weighted by molar-refractivity contribution is -0.131. The van der Waals surface area contributed by atoms with Crippen molar-refractivity contribution in [2.45, 2.75) is 26.2 Å². The fourth-order valence-electron chi connectivity index (χ4n) is 5.18. The summed E-state index contributed by atoms with van der Waals surface area (Å²) >= 11 is 0. The van der Waals surface area contributed by atoms with Crippen LogP contribution in [0.5, 0.6) is 11.5 Å². The summed E-state index contributed by atoms with van der Waals surface area (Å²) in [6, 6.07) is 20.2. The second kappa shape index (κ2) is 10.9. The van der Waals surface area contributed by atoms with Gasteiger partial charge in [-0.05, 0) is 49.7 Å². The molecule has 1 atom stereocenters. The van der Waals surface area contributed by atoms with Crippen molar-refractivity contribution in [1.29, 1.82) is 0 Å². The zero-order chi connectivity index (χ0) is 25.8. The van der Waals surface area contributed by atoms with E-state index in [-0.39, 0.29) is 11.8 Å². The number of amides is 1. The first-order valence-corrected chi connectivity index (χ1v) is 12.9. The van der Waals surface area contributed by atoms with Gasteiger partial charge in [0.15, 0.2) is 0 Å². The van der Waals surface area contributed by atoms with Gasteiger partial charge in [-0.1, -0.05) is 30.3 Å². The standard InChI is InChI=1S/C30H34N4O3/c1-4-37-28-12-8-6-10-25(28)32-15-17-33(18-16-32)30(35)20-24(23-9-5-7-11-27(23)36-3)26-21-31-29-19-22(2)13-14-34(26)29/h5-14,19,21,24H,4,15-18,20H2,1-3H3. The molecular formula is C30H34N4O3. The predicted octanol–water partition coefficient (Wildman–Crippen LogP) is 4.92. The molecule has 1 amide bonds. The highest BCUT2D eigenvalue weighted by Crippen LogP contribution is 2.36. The summed E-state index contributed by atoms with van der Waals surface area (Å²) in [6.07, 6.45) is 4.27. The molecule has 192 valence electrons. The van der Waals surface area contributed by atoms with Crippen LogP contribution in [0.2, 0.25) is 0 Å². The SMILES string of the molecule is CCOc1ccccc1N1CCN(C(=O)CC(c2ccccc2OC)c2cnc3cc(C)ccn23)CC1. The molecule has 1 aliphatic rings. The van der Waals surface area contributed by atoms with Crippen LogP contribution >= 0.6 is 0 Å².